The second kappa shape index (κ2) is 19.8. The predicted molar refractivity (Wildman–Crippen MR) is 221 cm³/mol. The number of ether oxygens (including phenoxy) is 1. The van der Waals surface area contributed by atoms with E-state index in [0.29, 0.717) is 17.7 Å². The number of sulfonamides is 1. The molecule has 1 atom stereocenters. The number of hydrogen-bond donors (Lipinski definition) is 2. The number of carbonyl (C=O) groups is 4. The molecule has 3 N–H and O–H groups in total. The van der Waals surface area contributed by atoms with Crippen molar-refractivity contribution >= 4 is 67.8 Å². The molecule has 5 rings (SSSR count). The molecule has 0 saturated carbocycles. The first-order chi connectivity index (χ1) is 28.3. The van der Waals surface area contributed by atoms with Crippen molar-refractivity contribution in [3.05, 3.63) is 63.3 Å². The number of carboxylic acid groups (broad SMARTS) is 1. The van der Waals surface area contributed by atoms with Crippen LogP contribution in [0.4, 0.5) is 13.2 Å². The lowest BCUT2D eigenvalue weighted by atomic mass is 9.86. The number of benzene rings is 2. The Kier molecular flexibility index (Phi) is 16.1. The van der Waals surface area contributed by atoms with Crippen LogP contribution in [0, 0.1) is 13.8 Å². The summed E-state index contributed by atoms with van der Waals surface area (Å²) in [5.41, 5.74) is 7.48. The van der Waals surface area contributed by atoms with E-state index in [1.165, 1.54) is 19.1 Å². The fraction of sp³-hybridized carbons (Fsp3) is 0.525. The topological polar surface area (TPSA) is 195 Å². The normalized spacial score (nSPS) is 16.4. The molecular formula is C40H52Cl2F3N7O8S. The first-order valence-corrected chi connectivity index (χ1v) is 21.7. The third-order valence-electron chi connectivity index (χ3n) is 10.5. The zero-order valence-electron chi connectivity index (χ0n) is 34.9. The van der Waals surface area contributed by atoms with Crippen molar-refractivity contribution < 1.29 is 55.1 Å². The standard InChI is InChI=1S/C38H52Cl2N7O6S.C2HF3O2/c1-25-23-26(2)42-35-28(25)9-7-11-32(35)53-24-29-30(39)12-13-33(34(29)40)54(51,52)43-38(14-16-44(17-15-38)27(3)48)37(50)46-20-18-45(19-21-46)36(49)31(41)10-8-22-47(4,5)6;3-2(4,5)1(6)7/h7,9,11-13,23,31,43H,8,10,14-22,24,41H2,1-6H3;(H,6,7)/q+1;/p-1/t31-;/m0./s1. The number of amides is 3. The van der Waals surface area contributed by atoms with Gasteiger partial charge in [-0.15, -0.1) is 0 Å². The summed E-state index contributed by atoms with van der Waals surface area (Å²) in [5, 5.41) is 9.78. The number of nitrogens with one attached hydrogen (secondary N) is 1. The Morgan fingerprint density at radius 1 is 0.984 bits per heavy atom. The molecule has 3 heterocycles. The van der Waals surface area contributed by atoms with E-state index in [2.05, 4.69) is 30.8 Å². The second-order valence-electron chi connectivity index (χ2n) is 16.2. The first kappa shape index (κ1) is 49.4. The Morgan fingerprint density at radius 3 is 2.13 bits per heavy atom. The fourth-order valence-corrected chi connectivity index (χ4v) is 9.50. The summed E-state index contributed by atoms with van der Waals surface area (Å²) in [7, 11) is 1.83. The molecule has 21 heteroatoms. The number of likely N-dealkylation sites (tertiary alicyclic amines) is 1. The lowest BCUT2D eigenvalue weighted by Gasteiger charge is -2.45. The van der Waals surface area contributed by atoms with Crippen LogP contribution in [0.3, 0.4) is 0 Å². The van der Waals surface area contributed by atoms with E-state index >= 15 is 0 Å². The van der Waals surface area contributed by atoms with Gasteiger partial charge in [0.05, 0.1) is 38.8 Å². The van der Waals surface area contributed by atoms with E-state index in [4.69, 9.17) is 43.6 Å². The minimum Gasteiger partial charge on any atom is -0.542 e. The number of nitrogens with zero attached hydrogens (tertiary/aromatic N) is 5. The van der Waals surface area contributed by atoms with Gasteiger partial charge in [-0.1, -0.05) is 35.3 Å². The van der Waals surface area contributed by atoms with E-state index < -0.39 is 39.7 Å². The van der Waals surface area contributed by atoms with Crippen LogP contribution in [-0.4, -0.2) is 141 Å². The van der Waals surface area contributed by atoms with Gasteiger partial charge in [-0.3, -0.25) is 14.4 Å². The van der Waals surface area contributed by atoms with Crippen LogP contribution >= 0.6 is 23.2 Å². The van der Waals surface area contributed by atoms with Crippen molar-refractivity contribution in [2.45, 2.75) is 75.7 Å². The number of piperazine rings is 1. The SMILES string of the molecule is CC(=O)N1CCC(NS(=O)(=O)c2ccc(Cl)c(COc3cccc4c(C)cc(C)nc34)c2Cl)(C(=O)N2CCN(C(=O)[C@@H](N)CCC[N+](C)(C)C)CC2)CC1.O=C([O-])C(F)(F)F. The van der Waals surface area contributed by atoms with Gasteiger partial charge in [-0.2, -0.15) is 17.9 Å². The highest BCUT2D eigenvalue weighted by Gasteiger charge is 2.48. The number of rotatable bonds is 12. The highest BCUT2D eigenvalue weighted by atomic mass is 35.5. The Balaban J connectivity index is 0.00000107. The number of nitrogens with two attached hydrogens (primary N) is 1. The molecule has 2 aliphatic heterocycles. The number of aliphatic carboxylic acids is 1. The summed E-state index contributed by atoms with van der Waals surface area (Å²) in [4.78, 5) is 57.8. The maximum atomic E-state index is 14.4. The lowest BCUT2D eigenvalue weighted by molar-refractivity contribution is -0.870. The monoisotopic (exact) mass is 917 g/mol. The molecule has 2 aliphatic rings. The van der Waals surface area contributed by atoms with Crippen LogP contribution in [0.15, 0.2) is 41.3 Å². The minimum absolute atomic E-state index is 0.0506. The van der Waals surface area contributed by atoms with Crippen molar-refractivity contribution in [2.75, 3.05) is 67.0 Å². The number of halogens is 5. The zero-order valence-corrected chi connectivity index (χ0v) is 37.2. The lowest BCUT2D eigenvalue weighted by Crippen LogP contribution is -2.66. The number of para-hydroxylation sites is 1. The molecule has 61 heavy (non-hydrogen) atoms. The fourth-order valence-electron chi connectivity index (χ4n) is 7.19. The van der Waals surface area contributed by atoms with Crippen LogP contribution in [0.2, 0.25) is 10.0 Å². The summed E-state index contributed by atoms with van der Waals surface area (Å²) in [6, 6.07) is 9.67. The average molecular weight is 919 g/mol. The van der Waals surface area contributed by atoms with Crippen LogP contribution in [0.25, 0.3) is 10.9 Å². The molecule has 2 fully saturated rings. The summed E-state index contributed by atoms with van der Waals surface area (Å²) < 4.78 is 69.8. The van der Waals surface area contributed by atoms with Gasteiger partial charge in [-0.05, 0) is 69.4 Å². The van der Waals surface area contributed by atoms with Gasteiger partial charge >= 0.3 is 6.18 Å². The van der Waals surface area contributed by atoms with Crippen molar-refractivity contribution in [1.29, 1.82) is 0 Å². The van der Waals surface area contributed by atoms with Crippen molar-refractivity contribution in [2.24, 2.45) is 5.73 Å². The van der Waals surface area contributed by atoms with Gasteiger partial charge in [0.15, 0.2) is 0 Å². The summed E-state index contributed by atoms with van der Waals surface area (Å²) in [6.07, 6.45) is -3.72. The molecule has 3 aromatic rings. The van der Waals surface area contributed by atoms with Crippen molar-refractivity contribution in [1.82, 2.24) is 24.4 Å². The van der Waals surface area contributed by atoms with Gasteiger partial charge in [-0.25, -0.2) is 13.4 Å². The summed E-state index contributed by atoms with van der Waals surface area (Å²) >= 11 is 13.4. The Labute approximate surface area is 363 Å². The van der Waals surface area contributed by atoms with Gasteiger partial charge in [0.25, 0.3) is 0 Å². The molecule has 0 unspecified atom stereocenters. The predicted octanol–water partition coefficient (Wildman–Crippen LogP) is 3.18. The quantitative estimate of drug-likeness (QED) is 0.255. The van der Waals surface area contributed by atoms with Crippen LogP contribution < -0.4 is 20.3 Å². The Hall–Kier alpha value is -4.27. The number of aryl methyl sites for hydroxylation is 2. The molecule has 0 bridgehead atoms. The van der Waals surface area contributed by atoms with Crippen LogP contribution in [-0.2, 0) is 35.8 Å². The van der Waals surface area contributed by atoms with E-state index in [1.54, 1.807) is 20.8 Å². The number of quaternary nitrogens is 1. The molecule has 0 aliphatic carbocycles. The van der Waals surface area contributed by atoms with Gasteiger partial charge in [0, 0.05) is 67.9 Å². The molecule has 336 valence electrons. The number of fused-ring (bicyclic) bond motifs is 1. The van der Waals surface area contributed by atoms with E-state index in [9.17, 15) is 36.0 Å². The number of carbonyl (C=O) groups excluding carboxylic acids is 4. The second-order valence-corrected chi connectivity index (χ2v) is 18.7. The number of aromatic nitrogens is 1. The number of carboxylic acids is 1. The summed E-state index contributed by atoms with van der Waals surface area (Å²) in [6.45, 7) is 7.39. The molecule has 2 aromatic carbocycles. The smallest absolute Gasteiger partial charge is 0.430 e. The Morgan fingerprint density at radius 2 is 1.57 bits per heavy atom. The first-order valence-electron chi connectivity index (χ1n) is 19.4. The average Bonchev–Trinajstić information content (AvgIpc) is 3.16. The number of alkyl halides is 3. The number of pyridine rings is 1. The molecule has 2 saturated heterocycles. The zero-order chi connectivity index (χ0) is 45.7. The van der Waals surface area contributed by atoms with Crippen molar-refractivity contribution in [3.63, 3.8) is 0 Å². The highest BCUT2D eigenvalue weighted by Crippen LogP contribution is 2.36. The van der Waals surface area contributed by atoms with E-state index in [1.807, 2.05) is 32.0 Å². The van der Waals surface area contributed by atoms with E-state index in [0.717, 1.165) is 34.1 Å². The third kappa shape index (κ3) is 12.7. The maximum absolute atomic E-state index is 14.4. The van der Waals surface area contributed by atoms with Gasteiger partial charge in [0.2, 0.25) is 27.7 Å². The molecule has 1 aromatic heterocycles. The third-order valence-corrected chi connectivity index (χ3v) is 13.0. The number of piperidine rings is 1. The van der Waals surface area contributed by atoms with Gasteiger partial charge in [0.1, 0.15) is 34.3 Å². The molecule has 3 amide bonds. The maximum Gasteiger partial charge on any atom is 0.430 e. The Bertz CT molecular complexity index is 2230. The van der Waals surface area contributed by atoms with E-state index in [-0.39, 0.29) is 91.0 Å². The summed E-state index contributed by atoms with van der Waals surface area (Å²) in [5.74, 6) is -3.26. The van der Waals surface area contributed by atoms with Crippen molar-refractivity contribution in [3.8, 4) is 5.75 Å². The molecular weight excluding hydrogens is 866 g/mol. The van der Waals surface area contributed by atoms with Crippen LogP contribution in [0.5, 0.6) is 5.75 Å². The molecule has 0 spiro atoms. The van der Waals surface area contributed by atoms with Crippen LogP contribution in [0.1, 0.15) is 49.4 Å². The molecule has 15 nitrogen and oxygen atoms in total. The largest absolute Gasteiger partial charge is 0.542 e. The van der Waals surface area contributed by atoms with Gasteiger partial charge < -0.3 is 39.6 Å². The highest BCUT2D eigenvalue weighted by molar-refractivity contribution is 7.89. The minimum atomic E-state index is -5.19. The number of hydrogen-bond acceptors (Lipinski definition) is 10. The molecule has 0 radical (unpaired) electrons.